The van der Waals surface area contributed by atoms with Gasteiger partial charge in [0, 0.05) is 12.5 Å². The largest absolute Gasteiger partial charge is 0.271 e. The first-order valence-electron chi connectivity index (χ1n) is 7.67. The average Bonchev–Trinajstić information content (AvgIpc) is 3.06. The van der Waals surface area contributed by atoms with Gasteiger partial charge in [0.25, 0.3) is 0 Å². The van der Waals surface area contributed by atoms with Crippen molar-refractivity contribution in [1.82, 2.24) is 10.4 Å². The number of thiazole rings is 1. The Labute approximate surface area is 123 Å². The van der Waals surface area contributed by atoms with Gasteiger partial charge < -0.3 is 0 Å². The zero-order chi connectivity index (χ0) is 13.5. The number of aromatic nitrogens is 1. The molecule has 1 aromatic carbocycles. The maximum absolute atomic E-state index is 5.84. The van der Waals surface area contributed by atoms with Gasteiger partial charge in [-0.1, -0.05) is 25.0 Å². The molecule has 0 bridgehead atoms. The number of hydrogen-bond donors (Lipinski definition) is 2. The van der Waals surface area contributed by atoms with E-state index in [9.17, 15) is 0 Å². The van der Waals surface area contributed by atoms with Crippen molar-refractivity contribution in [3.05, 3.63) is 29.3 Å². The van der Waals surface area contributed by atoms with Gasteiger partial charge in [0.1, 0.15) is 0 Å². The van der Waals surface area contributed by atoms with E-state index in [1.807, 2.05) is 11.3 Å². The molecule has 2 fully saturated rings. The summed E-state index contributed by atoms with van der Waals surface area (Å²) in [5.74, 6) is 8.48. The lowest BCUT2D eigenvalue weighted by Crippen LogP contribution is -2.39. The number of nitrogens with zero attached hydrogens (tertiary/aromatic N) is 1. The monoisotopic (exact) mass is 287 g/mol. The van der Waals surface area contributed by atoms with Crippen molar-refractivity contribution >= 4 is 21.6 Å². The van der Waals surface area contributed by atoms with Crippen molar-refractivity contribution in [2.24, 2.45) is 23.6 Å². The summed E-state index contributed by atoms with van der Waals surface area (Å²) in [5.41, 5.74) is 4.20. The summed E-state index contributed by atoms with van der Waals surface area (Å²) in [6.07, 6.45) is 6.63. The zero-order valence-corrected chi connectivity index (χ0v) is 12.4. The van der Waals surface area contributed by atoms with Gasteiger partial charge in [-0.15, -0.1) is 11.3 Å². The predicted octanol–water partition coefficient (Wildman–Crippen LogP) is 3.11. The highest BCUT2D eigenvalue weighted by Crippen LogP contribution is 2.57. The van der Waals surface area contributed by atoms with Gasteiger partial charge in [-0.05, 0) is 42.7 Å². The second-order valence-electron chi connectivity index (χ2n) is 6.24. The summed E-state index contributed by atoms with van der Waals surface area (Å²) in [6.45, 7) is 0. The third-order valence-electron chi connectivity index (χ3n) is 5.13. The Hall–Kier alpha value is -0.970. The standard InChI is InChI=1S/C16H21N3S/c17-19-13(16-10-5-1-2-6-11(10)16)9-15-18-12-7-3-4-8-14(12)20-15/h3-4,7-8,10-11,13,16,19H,1-2,5-6,9,17H2. The number of nitrogens with one attached hydrogen (secondary N) is 1. The molecule has 2 aliphatic rings. The Morgan fingerprint density at radius 1 is 1.25 bits per heavy atom. The van der Waals surface area contributed by atoms with Crippen molar-refractivity contribution in [3.63, 3.8) is 0 Å². The summed E-state index contributed by atoms with van der Waals surface area (Å²) in [7, 11) is 0. The van der Waals surface area contributed by atoms with Crippen molar-refractivity contribution in [1.29, 1.82) is 0 Å². The van der Waals surface area contributed by atoms with E-state index < -0.39 is 0 Å². The van der Waals surface area contributed by atoms with Gasteiger partial charge in [-0.25, -0.2) is 4.98 Å². The van der Waals surface area contributed by atoms with E-state index >= 15 is 0 Å². The summed E-state index contributed by atoms with van der Waals surface area (Å²) in [4.78, 5) is 4.75. The predicted molar refractivity (Wildman–Crippen MR) is 83.4 cm³/mol. The number of hydrazine groups is 1. The van der Waals surface area contributed by atoms with Gasteiger partial charge >= 0.3 is 0 Å². The lowest BCUT2D eigenvalue weighted by atomic mass is 10.0. The molecule has 3 nitrogen and oxygen atoms in total. The van der Waals surface area contributed by atoms with Gasteiger partial charge in [0.2, 0.25) is 0 Å². The molecule has 4 rings (SSSR count). The second kappa shape index (κ2) is 5.10. The van der Waals surface area contributed by atoms with E-state index in [0.29, 0.717) is 6.04 Å². The molecule has 3 unspecified atom stereocenters. The van der Waals surface area contributed by atoms with Crippen molar-refractivity contribution < 1.29 is 0 Å². The Kier molecular flexibility index (Phi) is 3.25. The van der Waals surface area contributed by atoms with Gasteiger partial charge in [0.15, 0.2) is 0 Å². The second-order valence-corrected chi connectivity index (χ2v) is 7.36. The molecule has 0 saturated heterocycles. The molecule has 4 heteroatoms. The third kappa shape index (κ3) is 2.16. The molecule has 2 aliphatic carbocycles. The minimum absolute atomic E-state index is 0.406. The number of rotatable bonds is 4. The van der Waals surface area contributed by atoms with Gasteiger partial charge in [0.05, 0.1) is 15.2 Å². The third-order valence-corrected chi connectivity index (χ3v) is 6.19. The fourth-order valence-electron chi connectivity index (χ4n) is 4.15. The van der Waals surface area contributed by atoms with Crippen LogP contribution in [0.15, 0.2) is 24.3 Å². The van der Waals surface area contributed by atoms with Crippen LogP contribution in [0.1, 0.15) is 30.7 Å². The quantitative estimate of drug-likeness (QED) is 0.671. The smallest absolute Gasteiger partial charge is 0.0954 e. The van der Waals surface area contributed by atoms with Gasteiger partial charge in [-0.2, -0.15) is 0 Å². The van der Waals surface area contributed by atoms with E-state index in [4.69, 9.17) is 10.8 Å². The van der Waals surface area contributed by atoms with Crippen LogP contribution in [-0.2, 0) is 6.42 Å². The van der Waals surface area contributed by atoms with Gasteiger partial charge in [-0.3, -0.25) is 11.3 Å². The molecule has 0 spiro atoms. The van der Waals surface area contributed by atoms with Crippen LogP contribution in [0.25, 0.3) is 10.2 Å². The van der Waals surface area contributed by atoms with E-state index in [1.165, 1.54) is 35.4 Å². The van der Waals surface area contributed by atoms with E-state index in [-0.39, 0.29) is 0 Å². The molecule has 2 saturated carbocycles. The molecule has 3 N–H and O–H groups in total. The fraction of sp³-hybridized carbons (Fsp3) is 0.562. The number of benzene rings is 1. The average molecular weight is 287 g/mol. The topological polar surface area (TPSA) is 50.9 Å². The minimum atomic E-state index is 0.406. The van der Waals surface area contributed by atoms with Crippen LogP contribution in [0.5, 0.6) is 0 Å². The zero-order valence-electron chi connectivity index (χ0n) is 11.6. The van der Waals surface area contributed by atoms with Crippen molar-refractivity contribution in [3.8, 4) is 0 Å². The highest BCUT2D eigenvalue weighted by atomic mass is 32.1. The van der Waals surface area contributed by atoms with Crippen molar-refractivity contribution in [2.75, 3.05) is 0 Å². The molecule has 0 aliphatic heterocycles. The van der Waals surface area contributed by atoms with E-state index in [1.54, 1.807) is 0 Å². The van der Waals surface area contributed by atoms with Crippen LogP contribution < -0.4 is 11.3 Å². The van der Waals surface area contributed by atoms with Crippen LogP contribution in [0.2, 0.25) is 0 Å². The molecular formula is C16H21N3S. The first kappa shape index (κ1) is 12.7. The molecule has 0 radical (unpaired) electrons. The van der Waals surface area contributed by atoms with Crippen LogP contribution in [0.3, 0.4) is 0 Å². The van der Waals surface area contributed by atoms with Crippen LogP contribution in [-0.4, -0.2) is 11.0 Å². The lowest BCUT2D eigenvalue weighted by molar-refractivity contribution is 0.436. The number of nitrogens with two attached hydrogens (primary N) is 1. The Balaban J connectivity index is 1.51. The molecule has 106 valence electrons. The number of fused-ring (bicyclic) bond motifs is 2. The number of para-hydroxylation sites is 1. The Bertz CT molecular complexity index is 564. The van der Waals surface area contributed by atoms with Crippen LogP contribution >= 0.6 is 11.3 Å². The highest BCUT2D eigenvalue weighted by Gasteiger charge is 2.53. The maximum atomic E-state index is 5.84. The molecule has 0 amide bonds. The molecule has 2 aromatic rings. The Morgan fingerprint density at radius 2 is 2.00 bits per heavy atom. The van der Waals surface area contributed by atoms with E-state index in [2.05, 4.69) is 29.7 Å². The lowest BCUT2D eigenvalue weighted by Gasteiger charge is -2.14. The summed E-state index contributed by atoms with van der Waals surface area (Å²) in [5, 5.41) is 1.22. The van der Waals surface area contributed by atoms with Crippen molar-refractivity contribution in [2.45, 2.75) is 38.1 Å². The molecule has 20 heavy (non-hydrogen) atoms. The summed E-state index contributed by atoms with van der Waals surface area (Å²) >= 11 is 1.81. The normalized spacial score (nSPS) is 30.1. The summed E-state index contributed by atoms with van der Waals surface area (Å²) in [6, 6.07) is 8.79. The summed E-state index contributed by atoms with van der Waals surface area (Å²) < 4.78 is 1.28. The molecular weight excluding hydrogens is 266 g/mol. The number of hydrogen-bond acceptors (Lipinski definition) is 4. The Morgan fingerprint density at radius 3 is 2.70 bits per heavy atom. The maximum Gasteiger partial charge on any atom is 0.0954 e. The molecule has 1 aromatic heterocycles. The first-order valence-corrected chi connectivity index (χ1v) is 8.49. The SMILES string of the molecule is NNC(Cc1nc2ccccc2s1)C1C2CCCCC21. The molecule has 3 atom stereocenters. The highest BCUT2D eigenvalue weighted by molar-refractivity contribution is 7.18. The van der Waals surface area contributed by atoms with Crippen LogP contribution in [0.4, 0.5) is 0 Å². The van der Waals surface area contributed by atoms with E-state index in [0.717, 1.165) is 29.7 Å². The van der Waals surface area contributed by atoms with Crippen LogP contribution in [0, 0.1) is 17.8 Å². The molecule has 1 heterocycles. The first-order chi connectivity index (χ1) is 9.86. The fourth-order valence-corrected chi connectivity index (χ4v) is 5.17. The minimum Gasteiger partial charge on any atom is -0.271 e.